The highest BCUT2D eigenvalue weighted by Crippen LogP contribution is 2.37. The van der Waals surface area contributed by atoms with E-state index >= 15 is 0 Å². The molecule has 1 aliphatic heterocycles. The molecule has 0 bridgehead atoms. The number of urea groups is 1. The van der Waals surface area contributed by atoms with Crippen LogP contribution in [0.15, 0.2) is 48.5 Å². The Bertz CT molecular complexity index is 1310. The summed E-state index contributed by atoms with van der Waals surface area (Å²) in [7, 11) is 0. The van der Waals surface area contributed by atoms with E-state index in [2.05, 4.69) is 10.6 Å². The summed E-state index contributed by atoms with van der Waals surface area (Å²) in [6.07, 6.45) is -4.19. The lowest BCUT2D eigenvalue weighted by atomic mass is 10.0. The van der Waals surface area contributed by atoms with Crippen molar-refractivity contribution in [2.75, 3.05) is 17.2 Å². The van der Waals surface area contributed by atoms with Gasteiger partial charge in [0, 0.05) is 17.0 Å². The number of anilines is 2. The number of primary amides is 1. The Morgan fingerprint density at radius 3 is 2.34 bits per heavy atom. The fraction of sp³-hybridized carbons (Fsp3) is 0.174. The van der Waals surface area contributed by atoms with E-state index in [1.165, 1.54) is 4.90 Å². The summed E-state index contributed by atoms with van der Waals surface area (Å²) in [5.74, 6) is -1.44. The molecule has 4 N–H and O–H groups in total. The summed E-state index contributed by atoms with van der Waals surface area (Å²) in [6, 6.07) is 10.1. The fourth-order valence-electron chi connectivity index (χ4n) is 3.67. The Balaban J connectivity index is 1.53. The number of amides is 4. The van der Waals surface area contributed by atoms with Crippen LogP contribution < -0.4 is 16.4 Å². The molecule has 4 amide bonds. The van der Waals surface area contributed by atoms with Crippen LogP contribution in [-0.2, 0) is 19.1 Å². The van der Waals surface area contributed by atoms with Crippen LogP contribution in [0, 0.1) is 0 Å². The van der Waals surface area contributed by atoms with Crippen molar-refractivity contribution in [1.29, 1.82) is 0 Å². The van der Waals surface area contributed by atoms with Crippen molar-refractivity contribution in [2.45, 2.75) is 19.1 Å². The van der Waals surface area contributed by atoms with Crippen molar-refractivity contribution in [1.82, 2.24) is 4.90 Å². The normalized spacial score (nSPS) is 13.2. The molecule has 0 spiro atoms. The van der Waals surface area contributed by atoms with Gasteiger partial charge in [0.15, 0.2) is 0 Å². The first-order chi connectivity index (χ1) is 16.5. The quantitative estimate of drug-likeness (QED) is 0.429. The van der Waals surface area contributed by atoms with Crippen molar-refractivity contribution in [3.63, 3.8) is 0 Å². The Morgan fingerprint density at radius 1 is 1.03 bits per heavy atom. The van der Waals surface area contributed by atoms with E-state index in [9.17, 15) is 27.6 Å². The zero-order valence-electron chi connectivity index (χ0n) is 17.9. The van der Waals surface area contributed by atoms with Gasteiger partial charge in [0.05, 0.1) is 28.4 Å². The van der Waals surface area contributed by atoms with Gasteiger partial charge in [-0.15, -0.1) is 11.3 Å². The second-order valence-corrected chi connectivity index (χ2v) is 9.20. The second kappa shape index (κ2) is 9.59. The van der Waals surface area contributed by atoms with Crippen molar-refractivity contribution in [2.24, 2.45) is 5.73 Å². The number of benzene rings is 2. The average molecular weight is 523 g/mol. The summed E-state index contributed by atoms with van der Waals surface area (Å²) in [5.41, 5.74) is 5.89. The molecule has 4 rings (SSSR count). The van der Waals surface area contributed by atoms with E-state index in [4.69, 9.17) is 17.3 Å². The van der Waals surface area contributed by atoms with Gasteiger partial charge in [-0.05, 0) is 48.4 Å². The molecule has 1 aliphatic rings. The third-order valence-corrected chi connectivity index (χ3v) is 6.87. The number of para-hydroxylation sites is 1. The number of carbonyl (C=O) groups is 3. The molecule has 35 heavy (non-hydrogen) atoms. The minimum Gasteiger partial charge on any atom is -0.365 e. The Labute approximate surface area is 206 Å². The van der Waals surface area contributed by atoms with Crippen LogP contribution >= 0.6 is 22.9 Å². The van der Waals surface area contributed by atoms with Gasteiger partial charge in [0.2, 0.25) is 0 Å². The Morgan fingerprint density at radius 2 is 1.71 bits per heavy atom. The lowest BCUT2D eigenvalue weighted by Gasteiger charge is -2.27. The maximum absolute atomic E-state index is 12.8. The number of fused-ring (bicyclic) bond motifs is 1. The number of nitrogens with one attached hydrogen (secondary N) is 2. The highest BCUT2D eigenvalue weighted by atomic mass is 35.5. The van der Waals surface area contributed by atoms with E-state index < -0.39 is 23.6 Å². The lowest BCUT2D eigenvalue weighted by molar-refractivity contribution is -0.137. The van der Waals surface area contributed by atoms with Crippen LogP contribution in [-0.4, -0.2) is 29.3 Å². The maximum Gasteiger partial charge on any atom is 0.416 e. The molecule has 7 nitrogen and oxygen atoms in total. The lowest BCUT2D eigenvalue weighted by Crippen LogP contribution is -2.38. The van der Waals surface area contributed by atoms with Gasteiger partial charge in [0.1, 0.15) is 5.00 Å². The zero-order chi connectivity index (χ0) is 25.3. The van der Waals surface area contributed by atoms with Gasteiger partial charge >= 0.3 is 12.2 Å². The predicted octanol–water partition coefficient (Wildman–Crippen LogP) is 5.36. The van der Waals surface area contributed by atoms with Gasteiger partial charge in [-0.2, -0.15) is 13.2 Å². The van der Waals surface area contributed by atoms with E-state index in [0.29, 0.717) is 34.1 Å². The van der Waals surface area contributed by atoms with E-state index in [1.807, 2.05) is 0 Å². The number of hydrogen-bond donors (Lipinski definition) is 3. The molecule has 0 saturated carbocycles. The van der Waals surface area contributed by atoms with E-state index in [-0.39, 0.29) is 28.7 Å². The highest BCUT2D eigenvalue weighted by molar-refractivity contribution is 7.17. The number of halogens is 4. The summed E-state index contributed by atoms with van der Waals surface area (Å²) < 4.78 is 38.3. The minimum absolute atomic E-state index is 0.0134. The van der Waals surface area contributed by atoms with Gasteiger partial charge in [-0.25, -0.2) is 4.79 Å². The van der Waals surface area contributed by atoms with Gasteiger partial charge in [-0.3, -0.25) is 9.59 Å². The predicted molar refractivity (Wildman–Crippen MR) is 127 cm³/mol. The molecule has 0 radical (unpaired) electrons. The third-order valence-electron chi connectivity index (χ3n) is 5.41. The summed E-state index contributed by atoms with van der Waals surface area (Å²) in [5, 5.41) is 5.89. The van der Waals surface area contributed by atoms with Crippen LogP contribution in [0.5, 0.6) is 0 Å². The second-order valence-electron chi connectivity index (χ2n) is 7.68. The van der Waals surface area contributed by atoms with Crippen molar-refractivity contribution >= 4 is 51.5 Å². The Hall–Kier alpha value is -3.57. The molecule has 2 heterocycles. The minimum atomic E-state index is -4.52. The van der Waals surface area contributed by atoms with E-state index in [1.54, 1.807) is 24.3 Å². The monoisotopic (exact) mass is 522 g/mol. The average Bonchev–Trinajstić information content (AvgIpc) is 3.17. The standard InChI is InChI=1S/C23H18ClF3N4O3S/c24-15-3-1-2-4-16(15)29-22(34)31-10-9-14-17(11-31)35-21(18(14)19(28)32)30-20(33)12-5-7-13(8-6-12)23(25,26)27/h1-8H,9-11H2,(H2,28,32)(H,29,34)(H,30,33). The van der Waals surface area contributed by atoms with Gasteiger partial charge < -0.3 is 21.3 Å². The first kappa shape index (κ1) is 24.6. The topological polar surface area (TPSA) is 105 Å². The summed E-state index contributed by atoms with van der Waals surface area (Å²) in [4.78, 5) is 39.8. The molecule has 0 unspecified atom stereocenters. The number of carbonyl (C=O) groups excluding carboxylic acids is 3. The summed E-state index contributed by atoms with van der Waals surface area (Å²) in [6.45, 7) is 0.472. The van der Waals surface area contributed by atoms with Crippen LogP contribution in [0.1, 0.15) is 36.7 Å². The fourth-order valence-corrected chi connectivity index (χ4v) is 5.11. The SMILES string of the molecule is NC(=O)c1c(NC(=O)c2ccc(C(F)(F)F)cc2)sc2c1CCN(C(=O)Nc1ccccc1Cl)C2. The van der Waals surface area contributed by atoms with Crippen molar-refractivity contribution in [3.05, 3.63) is 80.7 Å². The summed E-state index contributed by atoms with van der Waals surface area (Å²) >= 11 is 7.19. The number of hydrogen-bond acceptors (Lipinski definition) is 4. The number of rotatable bonds is 4. The van der Waals surface area contributed by atoms with Gasteiger partial charge in [0.25, 0.3) is 11.8 Å². The molecule has 2 aromatic carbocycles. The molecule has 12 heteroatoms. The molecule has 182 valence electrons. The zero-order valence-corrected chi connectivity index (χ0v) is 19.5. The number of nitrogens with two attached hydrogens (primary N) is 1. The molecule has 1 aromatic heterocycles. The Kier molecular flexibility index (Phi) is 6.73. The number of alkyl halides is 3. The molecule has 0 atom stereocenters. The smallest absolute Gasteiger partial charge is 0.365 e. The van der Waals surface area contributed by atoms with Crippen LogP contribution in [0.3, 0.4) is 0 Å². The third kappa shape index (κ3) is 5.25. The largest absolute Gasteiger partial charge is 0.416 e. The van der Waals surface area contributed by atoms with Crippen LogP contribution in [0.25, 0.3) is 0 Å². The first-order valence-electron chi connectivity index (χ1n) is 10.3. The molecular weight excluding hydrogens is 505 g/mol. The maximum atomic E-state index is 12.8. The van der Waals surface area contributed by atoms with Crippen molar-refractivity contribution in [3.8, 4) is 0 Å². The molecule has 0 aliphatic carbocycles. The van der Waals surface area contributed by atoms with Crippen LogP contribution in [0.2, 0.25) is 5.02 Å². The molecular formula is C23H18ClF3N4O3S. The molecule has 0 fully saturated rings. The van der Waals surface area contributed by atoms with Crippen molar-refractivity contribution < 1.29 is 27.6 Å². The number of thiophene rings is 1. The van der Waals surface area contributed by atoms with Gasteiger partial charge in [-0.1, -0.05) is 23.7 Å². The van der Waals surface area contributed by atoms with Crippen LogP contribution in [0.4, 0.5) is 28.7 Å². The van der Waals surface area contributed by atoms with E-state index in [0.717, 1.165) is 35.6 Å². The molecule has 3 aromatic rings. The first-order valence-corrected chi connectivity index (χ1v) is 11.5. The highest BCUT2D eigenvalue weighted by Gasteiger charge is 2.31. The molecule has 0 saturated heterocycles. The number of nitrogens with zero attached hydrogens (tertiary/aromatic N) is 1.